The van der Waals surface area contributed by atoms with E-state index in [0.29, 0.717) is 18.2 Å². The second-order valence-corrected chi connectivity index (χ2v) is 5.61. The largest absolute Gasteiger partial charge is 0.412 e. The zero-order chi connectivity index (χ0) is 15.5. The van der Waals surface area contributed by atoms with Crippen LogP contribution in [0.1, 0.15) is 12.8 Å². The molecule has 0 aromatic heterocycles. The molecule has 7 nitrogen and oxygen atoms in total. The fourth-order valence-corrected chi connectivity index (χ4v) is 2.97. The molecule has 0 radical (unpaired) electrons. The van der Waals surface area contributed by atoms with Crippen molar-refractivity contribution in [2.24, 2.45) is 5.92 Å². The summed E-state index contributed by atoms with van der Waals surface area (Å²) in [6.07, 6.45) is 1.53. The summed E-state index contributed by atoms with van der Waals surface area (Å²) >= 11 is 0. The summed E-state index contributed by atoms with van der Waals surface area (Å²) in [5, 5.41) is 16.6. The highest BCUT2D eigenvalue weighted by atomic mass is 16.6. The molecule has 1 aliphatic carbocycles. The molecule has 0 unspecified atom stereocenters. The van der Waals surface area contributed by atoms with Crippen LogP contribution in [0.2, 0.25) is 0 Å². The monoisotopic (exact) mass is 303 g/mol. The lowest BCUT2D eigenvalue weighted by molar-refractivity contribution is -0.384. The van der Waals surface area contributed by atoms with Crippen molar-refractivity contribution in [2.45, 2.75) is 12.8 Å². The van der Waals surface area contributed by atoms with E-state index in [1.54, 1.807) is 0 Å². The number of benzene rings is 1. The second kappa shape index (κ2) is 6.15. The van der Waals surface area contributed by atoms with E-state index in [1.165, 1.54) is 35.4 Å². The van der Waals surface area contributed by atoms with Crippen LogP contribution in [-0.2, 0) is 0 Å². The average Bonchev–Trinajstić information content (AvgIpc) is 3.06. The van der Waals surface area contributed by atoms with E-state index in [0.717, 1.165) is 25.9 Å². The molecule has 116 valence electrons. The summed E-state index contributed by atoms with van der Waals surface area (Å²) in [4.78, 5) is 21.8. The molecule has 3 rings (SSSR count). The maximum absolute atomic E-state index is 11.7. The van der Waals surface area contributed by atoms with Gasteiger partial charge >= 0.3 is 6.09 Å². The van der Waals surface area contributed by atoms with Crippen molar-refractivity contribution in [1.82, 2.24) is 10.6 Å². The van der Waals surface area contributed by atoms with E-state index >= 15 is 0 Å². The number of amides is 1. The first kappa shape index (κ1) is 14.5. The molecule has 0 saturated carbocycles. The summed E-state index contributed by atoms with van der Waals surface area (Å²) in [6, 6.07) is 5.44. The third-order valence-corrected chi connectivity index (χ3v) is 4.04. The smallest absolute Gasteiger partial charge is 0.410 e. The lowest BCUT2D eigenvalue weighted by atomic mass is 10.0. The van der Waals surface area contributed by atoms with Gasteiger partial charge in [-0.25, -0.2) is 4.79 Å². The third kappa shape index (κ3) is 3.25. The van der Waals surface area contributed by atoms with E-state index in [9.17, 15) is 14.9 Å². The van der Waals surface area contributed by atoms with Crippen molar-refractivity contribution in [3.63, 3.8) is 0 Å². The summed E-state index contributed by atoms with van der Waals surface area (Å²) in [7, 11) is 0. The Morgan fingerprint density at radius 3 is 2.50 bits per heavy atom. The number of carbonyl (C=O) groups is 1. The Morgan fingerprint density at radius 1 is 1.27 bits per heavy atom. The van der Waals surface area contributed by atoms with Gasteiger partial charge in [0.1, 0.15) is 5.75 Å². The maximum Gasteiger partial charge on any atom is 0.412 e. The Morgan fingerprint density at radius 2 is 1.91 bits per heavy atom. The van der Waals surface area contributed by atoms with Gasteiger partial charge in [-0.2, -0.15) is 0 Å². The minimum atomic E-state index is -0.529. The molecule has 0 bridgehead atoms. The number of ether oxygens (including phenoxy) is 1. The van der Waals surface area contributed by atoms with Crippen molar-refractivity contribution in [3.8, 4) is 5.75 Å². The molecule has 0 fully saturated rings. The summed E-state index contributed by atoms with van der Waals surface area (Å²) in [5.41, 5.74) is 2.93. The number of nitro groups is 1. The lowest BCUT2D eigenvalue weighted by Gasteiger charge is -2.13. The van der Waals surface area contributed by atoms with Gasteiger partial charge in [-0.15, -0.1) is 0 Å². The number of nitrogens with one attached hydrogen (secondary N) is 2. The van der Waals surface area contributed by atoms with Crippen molar-refractivity contribution >= 4 is 11.8 Å². The predicted octanol–water partition coefficient (Wildman–Crippen LogP) is 1.99. The van der Waals surface area contributed by atoms with E-state index < -0.39 is 11.0 Å². The molecule has 1 aliphatic heterocycles. The molecular formula is C15H17N3O4. The van der Waals surface area contributed by atoms with Crippen molar-refractivity contribution in [2.75, 3.05) is 19.6 Å². The molecule has 1 aromatic rings. The Labute approximate surface area is 127 Å². The summed E-state index contributed by atoms with van der Waals surface area (Å²) < 4.78 is 5.10. The topological polar surface area (TPSA) is 93.5 Å². The van der Waals surface area contributed by atoms with Gasteiger partial charge < -0.3 is 15.4 Å². The van der Waals surface area contributed by atoms with Crippen LogP contribution < -0.4 is 15.4 Å². The molecule has 0 atom stereocenters. The van der Waals surface area contributed by atoms with Crippen LogP contribution in [0.4, 0.5) is 10.5 Å². The number of hydrogen-bond acceptors (Lipinski definition) is 5. The molecule has 2 N–H and O–H groups in total. The summed E-state index contributed by atoms with van der Waals surface area (Å²) in [6.45, 7) is 2.52. The van der Waals surface area contributed by atoms with Crippen molar-refractivity contribution < 1.29 is 14.5 Å². The Balaban J connectivity index is 1.44. The maximum atomic E-state index is 11.7. The number of carbonyl (C=O) groups excluding carboxylic acids is 1. The van der Waals surface area contributed by atoms with Gasteiger partial charge in [0.05, 0.1) is 4.92 Å². The van der Waals surface area contributed by atoms with Crippen LogP contribution in [0.25, 0.3) is 0 Å². The van der Waals surface area contributed by atoms with Gasteiger partial charge in [-0.3, -0.25) is 10.1 Å². The van der Waals surface area contributed by atoms with Crippen LogP contribution in [0.3, 0.4) is 0 Å². The fraction of sp³-hybridized carbons (Fsp3) is 0.400. The van der Waals surface area contributed by atoms with Crippen LogP contribution in [0, 0.1) is 16.0 Å². The van der Waals surface area contributed by atoms with E-state index in [-0.39, 0.29) is 5.69 Å². The quantitative estimate of drug-likeness (QED) is 0.504. The minimum absolute atomic E-state index is 0.0343. The zero-order valence-electron chi connectivity index (χ0n) is 12.0. The Kier molecular flexibility index (Phi) is 4.06. The number of nitrogens with zero attached hydrogens (tertiary/aromatic N) is 1. The average molecular weight is 303 g/mol. The second-order valence-electron chi connectivity index (χ2n) is 5.61. The van der Waals surface area contributed by atoms with Crippen LogP contribution >= 0.6 is 0 Å². The number of non-ortho nitro benzene ring substituents is 1. The van der Waals surface area contributed by atoms with Gasteiger partial charge in [0.2, 0.25) is 0 Å². The highest BCUT2D eigenvalue weighted by Gasteiger charge is 2.27. The molecule has 1 aromatic carbocycles. The highest BCUT2D eigenvalue weighted by molar-refractivity contribution is 5.70. The first-order valence-electron chi connectivity index (χ1n) is 7.22. The molecule has 22 heavy (non-hydrogen) atoms. The SMILES string of the molecule is O=C(NCC1CC2=C(CNC2)C1)Oc1ccc([N+](=O)[O-])cc1. The van der Waals surface area contributed by atoms with Gasteiger partial charge in [-0.05, 0) is 30.9 Å². The normalized spacial score (nSPS) is 17.5. The van der Waals surface area contributed by atoms with Crippen LogP contribution in [-0.4, -0.2) is 30.7 Å². The molecular weight excluding hydrogens is 286 g/mol. The Bertz CT molecular complexity index is 608. The highest BCUT2D eigenvalue weighted by Crippen LogP contribution is 2.32. The van der Waals surface area contributed by atoms with E-state index in [2.05, 4.69) is 10.6 Å². The molecule has 0 spiro atoms. The Hall–Kier alpha value is -2.41. The molecule has 1 amide bonds. The van der Waals surface area contributed by atoms with E-state index in [4.69, 9.17) is 4.74 Å². The third-order valence-electron chi connectivity index (χ3n) is 4.04. The first-order chi connectivity index (χ1) is 10.6. The summed E-state index contributed by atoms with van der Waals surface area (Å²) in [5.74, 6) is 0.732. The molecule has 7 heteroatoms. The van der Waals surface area contributed by atoms with Gasteiger partial charge in [0, 0.05) is 31.8 Å². The van der Waals surface area contributed by atoms with Gasteiger partial charge in [0.15, 0.2) is 0 Å². The zero-order valence-corrected chi connectivity index (χ0v) is 12.0. The standard InChI is InChI=1S/C15H17N3O4/c19-15(22-14-3-1-13(2-4-14)18(20)21)17-7-10-5-11-8-16-9-12(11)6-10/h1-4,10,16H,5-9H2,(H,17,19). The number of hydrogen-bond donors (Lipinski definition) is 2. The first-order valence-corrected chi connectivity index (χ1v) is 7.22. The number of rotatable bonds is 4. The van der Waals surface area contributed by atoms with E-state index in [1.807, 2.05) is 0 Å². The van der Waals surface area contributed by atoms with Gasteiger partial charge in [-0.1, -0.05) is 11.1 Å². The predicted molar refractivity (Wildman–Crippen MR) is 79.7 cm³/mol. The molecule has 2 aliphatic rings. The minimum Gasteiger partial charge on any atom is -0.410 e. The van der Waals surface area contributed by atoms with Crippen molar-refractivity contribution in [1.29, 1.82) is 0 Å². The lowest BCUT2D eigenvalue weighted by Crippen LogP contribution is -2.31. The molecule has 0 saturated heterocycles. The number of nitro benzene ring substituents is 1. The fourth-order valence-electron chi connectivity index (χ4n) is 2.97. The van der Waals surface area contributed by atoms with Crippen LogP contribution in [0.15, 0.2) is 35.4 Å². The molecule has 1 heterocycles. The van der Waals surface area contributed by atoms with Gasteiger partial charge in [0.25, 0.3) is 5.69 Å². The van der Waals surface area contributed by atoms with Crippen LogP contribution in [0.5, 0.6) is 5.75 Å². The van der Waals surface area contributed by atoms with Crippen molar-refractivity contribution in [3.05, 3.63) is 45.5 Å².